The maximum Gasteiger partial charge on any atom is 0.306 e. The molecule has 3 aromatic rings. The molecule has 2 aromatic carbocycles. The number of rotatable bonds is 9. The Morgan fingerprint density at radius 2 is 1.91 bits per heavy atom. The molecule has 2 heterocycles. The van der Waals surface area contributed by atoms with Gasteiger partial charge in [0.15, 0.2) is 9.84 Å². The second-order valence-electron chi connectivity index (χ2n) is 8.48. The van der Waals surface area contributed by atoms with Gasteiger partial charge in [-0.25, -0.2) is 8.42 Å². The zero-order chi connectivity index (χ0) is 25.2. The van der Waals surface area contributed by atoms with Crippen molar-refractivity contribution in [3.63, 3.8) is 0 Å². The summed E-state index contributed by atoms with van der Waals surface area (Å²) in [7, 11) is -3.28. The molecule has 0 aliphatic carbocycles. The number of H-pyrrole nitrogens is 1. The molecule has 0 saturated carbocycles. The van der Waals surface area contributed by atoms with Gasteiger partial charge in [-0.3, -0.25) is 9.79 Å². The van der Waals surface area contributed by atoms with E-state index in [-0.39, 0.29) is 22.2 Å². The summed E-state index contributed by atoms with van der Waals surface area (Å²) in [6.45, 7) is 6.62. The fraction of sp³-hybridized carbons (Fsp3) is 0.360. The molecule has 0 bridgehead atoms. The summed E-state index contributed by atoms with van der Waals surface area (Å²) in [6, 6.07) is 12.0. The molecular weight excluding hydrogens is 488 g/mol. The highest BCUT2D eigenvalue weighted by atomic mass is 32.2. The maximum absolute atomic E-state index is 11.8. The van der Waals surface area contributed by atoms with Gasteiger partial charge in [-0.2, -0.15) is 0 Å². The van der Waals surface area contributed by atoms with Gasteiger partial charge in [0.25, 0.3) is 0 Å². The number of aliphatic imine (C=N–C) groups is 1. The first-order valence-electron chi connectivity index (χ1n) is 11.3. The third kappa shape index (κ3) is 6.18. The number of sulfone groups is 1. The van der Waals surface area contributed by atoms with Crippen molar-refractivity contribution in [2.75, 3.05) is 19.4 Å². The zero-order valence-electron chi connectivity index (χ0n) is 20.0. The minimum Gasteiger partial charge on any atom is -0.489 e. The van der Waals surface area contributed by atoms with E-state index in [4.69, 9.17) is 14.2 Å². The summed E-state index contributed by atoms with van der Waals surface area (Å²) in [5, 5.41) is 1.78. The second-order valence-corrected chi connectivity index (χ2v) is 11.8. The standard InChI is InChI=1S/C25H28N2O6S2/c1-5-31-23(28)13-19-14-26-25(34-19)21-11-16-10-18(12-22(24(16)27-21)32-15(2)3)33-17-6-8-20(9-7-17)35(4,29)30/h6-12,15,19,27H,5,13-14H2,1-4H3. The van der Waals surface area contributed by atoms with Crippen LogP contribution >= 0.6 is 11.8 Å². The molecular formula is C25H28N2O6S2. The fourth-order valence-electron chi connectivity index (χ4n) is 3.67. The third-order valence-corrected chi connectivity index (χ3v) is 7.51. The van der Waals surface area contributed by atoms with Crippen molar-refractivity contribution >= 4 is 43.5 Å². The van der Waals surface area contributed by atoms with Crippen LogP contribution in [-0.2, 0) is 19.4 Å². The number of nitrogens with zero attached hydrogens (tertiary/aromatic N) is 1. The molecule has 1 atom stereocenters. The number of carbonyl (C=O) groups excluding carboxylic acids is 1. The number of aromatic nitrogens is 1. The van der Waals surface area contributed by atoms with Crippen molar-refractivity contribution in [1.82, 2.24) is 4.98 Å². The third-order valence-electron chi connectivity index (χ3n) is 5.16. The van der Waals surface area contributed by atoms with E-state index in [1.807, 2.05) is 26.0 Å². The number of benzene rings is 2. The zero-order valence-corrected chi connectivity index (χ0v) is 21.7. The first kappa shape index (κ1) is 25.1. The van der Waals surface area contributed by atoms with Gasteiger partial charge in [0.1, 0.15) is 22.3 Å². The van der Waals surface area contributed by atoms with Crippen LogP contribution in [0.5, 0.6) is 17.2 Å². The highest BCUT2D eigenvalue weighted by Crippen LogP contribution is 2.36. The van der Waals surface area contributed by atoms with E-state index in [9.17, 15) is 13.2 Å². The Morgan fingerprint density at radius 3 is 2.57 bits per heavy atom. The largest absolute Gasteiger partial charge is 0.489 e. The van der Waals surface area contributed by atoms with E-state index in [1.54, 1.807) is 36.9 Å². The minimum absolute atomic E-state index is 0.0515. The number of carbonyl (C=O) groups is 1. The van der Waals surface area contributed by atoms with Crippen LogP contribution in [0.25, 0.3) is 10.9 Å². The maximum atomic E-state index is 11.8. The first-order chi connectivity index (χ1) is 16.6. The summed E-state index contributed by atoms with van der Waals surface area (Å²) in [5.74, 6) is 1.50. The Bertz CT molecular complexity index is 1360. The van der Waals surface area contributed by atoms with Crippen molar-refractivity contribution in [3.05, 3.63) is 48.2 Å². The molecule has 0 radical (unpaired) electrons. The van der Waals surface area contributed by atoms with Crippen LogP contribution in [0.15, 0.2) is 52.4 Å². The molecule has 1 unspecified atom stereocenters. The van der Waals surface area contributed by atoms with Crippen molar-refractivity contribution in [1.29, 1.82) is 0 Å². The number of nitrogens with one attached hydrogen (secondary N) is 1. The quantitative estimate of drug-likeness (QED) is 0.400. The van der Waals surface area contributed by atoms with Gasteiger partial charge in [-0.1, -0.05) is 11.8 Å². The molecule has 10 heteroatoms. The molecule has 0 fully saturated rings. The summed E-state index contributed by atoms with van der Waals surface area (Å²) in [5.41, 5.74) is 1.67. The van der Waals surface area contributed by atoms with E-state index < -0.39 is 9.84 Å². The van der Waals surface area contributed by atoms with Gasteiger partial charge < -0.3 is 19.2 Å². The topological polar surface area (TPSA) is 107 Å². The van der Waals surface area contributed by atoms with Crippen molar-refractivity contribution in [2.45, 2.75) is 43.4 Å². The summed E-state index contributed by atoms with van der Waals surface area (Å²) >= 11 is 1.56. The average molecular weight is 517 g/mol. The van der Waals surface area contributed by atoms with Crippen LogP contribution in [0.4, 0.5) is 0 Å². The average Bonchev–Trinajstić information content (AvgIpc) is 3.40. The molecule has 4 rings (SSSR count). The van der Waals surface area contributed by atoms with Crippen LogP contribution in [0.2, 0.25) is 0 Å². The van der Waals surface area contributed by atoms with Crippen LogP contribution < -0.4 is 9.47 Å². The lowest BCUT2D eigenvalue weighted by Gasteiger charge is -2.13. The first-order valence-corrected chi connectivity index (χ1v) is 14.1. The van der Waals surface area contributed by atoms with Crippen LogP contribution in [0.1, 0.15) is 32.9 Å². The molecule has 1 aromatic heterocycles. The lowest BCUT2D eigenvalue weighted by molar-refractivity contribution is -0.143. The monoisotopic (exact) mass is 516 g/mol. The van der Waals surface area contributed by atoms with Crippen molar-refractivity contribution in [2.24, 2.45) is 4.99 Å². The number of hydrogen-bond donors (Lipinski definition) is 1. The minimum atomic E-state index is -3.28. The Morgan fingerprint density at radius 1 is 1.17 bits per heavy atom. The number of esters is 1. The van der Waals surface area contributed by atoms with Gasteiger partial charge in [-0.15, -0.1) is 0 Å². The van der Waals surface area contributed by atoms with Gasteiger partial charge in [0.05, 0.1) is 41.8 Å². The highest BCUT2D eigenvalue weighted by Gasteiger charge is 2.25. The van der Waals surface area contributed by atoms with E-state index in [0.29, 0.717) is 36.8 Å². The molecule has 35 heavy (non-hydrogen) atoms. The predicted molar refractivity (Wildman–Crippen MR) is 138 cm³/mol. The summed E-state index contributed by atoms with van der Waals surface area (Å²) < 4.78 is 40.6. The number of fused-ring (bicyclic) bond motifs is 1. The number of hydrogen-bond acceptors (Lipinski definition) is 8. The smallest absolute Gasteiger partial charge is 0.306 e. The molecule has 8 nitrogen and oxygen atoms in total. The molecule has 1 aliphatic rings. The van der Waals surface area contributed by atoms with Crippen molar-refractivity contribution in [3.8, 4) is 17.2 Å². The Hall–Kier alpha value is -2.98. The fourth-order valence-corrected chi connectivity index (χ4v) is 5.38. The molecule has 0 saturated heterocycles. The van der Waals surface area contributed by atoms with Crippen LogP contribution in [0, 0.1) is 0 Å². The Labute approximate surface area is 209 Å². The predicted octanol–water partition coefficient (Wildman–Crippen LogP) is 4.97. The second kappa shape index (κ2) is 10.3. The van der Waals surface area contributed by atoms with Crippen molar-refractivity contribution < 1.29 is 27.4 Å². The van der Waals surface area contributed by atoms with Crippen LogP contribution in [0.3, 0.4) is 0 Å². The van der Waals surface area contributed by atoms with Gasteiger partial charge in [-0.05, 0) is 57.2 Å². The number of ether oxygens (including phenoxy) is 3. The molecule has 0 amide bonds. The molecule has 0 spiro atoms. The number of aromatic amines is 1. The Kier molecular flexibility index (Phi) is 7.42. The molecule has 1 aliphatic heterocycles. The summed E-state index contributed by atoms with van der Waals surface area (Å²) in [4.78, 5) is 20.1. The van der Waals surface area contributed by atoms with Gasteiger partial charge in [0, 0.05) is 23.0 Å². The molecule has 1 N–H and O–H groups in total. The van der Waals surface area contributed by atoms with Gasteiger partial charge in [0.2, 0.25) is 0 Å². The number of thioether (sulfide) groups is 1. The van der Waals surface area contributed by atoms with E-state index in [1.165, 1.54) is 18.4 Å². The van der Waals surface area contributed by atoms with E-state index in [2.05, 4.69) is 9.98 Å². The lowest BCUT2D eigenvalue weighted by atomic mass is 10.2. The summed E-state index contributed by atoms with van der Waals surface area (Å²) in [6.07, 6.45) is 1.44. The Balaban J connectivity index is 1.59. The van der Waals surface area contributed by atoms with E-state index >= 15 is 0 Å². The van der Waals surface area contributed by atoms with E-state index in [0.717, 1.165) is 21.6 Å². The highest BCUT2D eigenvalue weighted by molar-refractivity contribution is 8.15. The normalized spacial score (nSPS) is 15.9. The SMILES string of the molecule is CCOC(=O)CC1CN=C(c2cc3cc(Oc4ccc(S(C)(=O)=O)cc4)cc(OC(C)C)c3[nH]2)S1. The molecule has 186 valence electrons. The van der Waals surface area contributed by atoms with Crippen LogP contribution in [-0.4, -0.2) is 55.2 Å². The van der Waals surface area contributed by atoms with Gasteiger partial charge >= 0.3 is 5.97 Å². The lowest BCUT2D eigenvalue weighted by Crippen LogP contribution is -2.14.